The molecule has 8 aromatic rings. The predicted molar refractivity (Wildman–Crippen MR) is 216 cm³/mol. The van der Waals surface area contributed by atoms with Gasteiger partial charge in [-0.1, -0.05) is 0 Å². The first-order chi connectivity index (χ1) is 38.7. The molecule has 0 bridgehead atoms. The van der Waals surface area contributed by atoms with Crippen LogP contribution >= 0.6 is 0 Å². The molecule has 0 nitrogen and oxygen atoms in total. The molecule has 0 saturated carbocycles. The molecule has 0 aromatic heterocycles. The van der Waals surface area contributed by atoms with Crippen molar-refractivity contribution in [2.75, 3.05) is 0 Å². The van der Waals surface area contributed by atoms with Gasteiger partial charge in [0, 0.05) is 22.3 Å². The van der Waals surface area contributed by atoms with Gasteiger partial charge < -0.3 is 0 Å². The average molecular weight is 1280 g/mol. The molecule has 0 heterocycles. The van der Waals surface area contributed by atoms with E-state index in [0.717, 1.165) is 0 Å². The van der Waals surface area contributed by atoms with Gasteiger partial charge in [0.15, 0.2) is 186 Å². The second-order valence-electron chi connectivity index (χ2n) is 15.2. The number of benzene rings is 8. The van der Waals surface area contributed by atoms with E-state index in [1.165, 1.54) is 0 Å². The van der Waals surface area contributed by atoms with Gasteiger partial charge in [0.2, 0.25) is 23.3 Å². The fraction of sp³-hybridized carbons (Fsp3) is 0. The zero-order chi connectivity index (χ0) is 64.2. The smallest absolute Gasteiger partial charge is 0.200 e. The van der Waals surface area contributed by atoms with Crippen molar-refractivity contribution in [2.24, 2.45) is 0 Å². The third-order valence-corrected chi connectivity index (χ3v) is 10.3. The van der Waals surface area contributed by atoms with Crippen molar-refractivity contribution in [3.8, 4) is 44.5 Å². The third-order valence-electron chi connectivity index (χ3n) is 10.3. The van der Waals surface area contributed by atoms with E-state index in [2.05, 4.69) is 0 Å². The van der Waals surface area contributed by atoms with E-state index in [9.17, 15) is 158 Å². The zero-order valence-electron chi connectivity index (χ0n) is 37.9. The molecule has 37 heteroatoms. The molecule has 0 aliphatic carbocycles. The van der Waals surface area contributed by atoms with Gasteiger partial charge in [-0.15, -0.1) is 0 Å². The van der Waals surface area contributed by atoms with Crippen LogP contribution < -0.4 is 0 Å². The normalized spacial score (nSPS) is 11.0. The third kappa shape index (κ3) is 12.0. The zero-order valence-corrected chi connectivity index (χ0v) is 37.9. The molecule has 0 atom stereocenters. The van der Waals surface area contributed by atoms with Crippen LogP contribution in [0.15, 0.2) is 24.3 Å². The lowest BCUT2D eigenvalue weighted by atomic mass is 10.0. The van der Waals surface area contributed by atoms with Crippen LogP contribution in [-0.2, 0) is 0 Å². The second kappa shape index (κ2) is 25.7. The van der Waals surface area contributed by atoms with E-state index < -0.39 is 254 Å². The fourth-order valence-corrected chi connectivity index (χ4v) is 6.38. The summed E-state index contributed by atoms with van der Waals surface area (Å²) in [6.45, 7) is 0. The standard InChI is InChI=1S/4C12HF9.BH3/c4*13-3-1-2(5(14)9(18)6(3)15)4-7(16)10(19)12(21)11(20)8(4)17;/h4*1H;1H3. The number of hydrogen-bond donors (Lipinski definition) is 0. The van der Waals surface area contributed by atoms with E-state index in [0.29, 0.717) is 0 Å². The summed E-state index contributed by atoms with van der Waals surface area (Å²) in [6.07, 6.45) is 0. The van der Waals surface area contributed by atoms with E-state index in [-0.39, 0.29) is 32.7 Å². The molecule has 0 unspecified atom stereocenters. The highest BCUT2D eigenvalue weighted by Gasteiger charge is 2.35. The van der Waals surface area contributed by atoms with E-state index in [4.69, 9.17) is 0 Å². The fourth-order valence-electron chi connectivity index (χ4n) is 6.38. The summed E-state index contributed by atoms with van der Waals surface area (Å²) in [4.78, 5) is 0. The monoisotopic (exact) mass is 1280 g/mol. The Morgan fingerprint density at radius 3 is 0.329 bits per heavy atom. The molecule has 0 radical (unpaired) electrons. The van der Waals surface area contributed by atoms with Gasteiger partial charge in [-0.05, 0) is 24.3 Å². The van der Waals surface area contributed by atoms with Crippen LogP contribution in [0.2, 0.25) is 0 Å². The lowest BCUT2D eigenvalue weighted by Crippen LogP contribution is -2.07. The van der Waals surface area contributed by atoms with Crippen molar-refractivity contribution in [1.29, 1.82) is 0 Å². The molecule has 0 amide bonds. The van der Waals surface area contributed by atoms with Gasteiger partial charge in [0.1, 0.15) is 0 Å². The van der Waals surface area contributed by atoms with Crippen LogP contribution in [0.1, 0.15) is 0 Å². The van der Waals surface area contributed by atoms with E-state index in [1.807, 2.05) is 0 Å². The highest BCUT2D eigenvalue weighted by Crippen LogP contribution is 2.40. The largest absolute Gasteiger partial charge is 0.204 e. The minimum absolute atomic E-state index is 0. The van der Waals surface area contributed by atoms with Gasteiger partial charge in [0.05, 0.1) is 30.7 Å². The Morgan fingerprint density at radius 1 is 0.118 bits per heavy atom. The Kier molecular flexibility index (Phi) is 20.8. The molecule has 8 rings (SSSR count). The van der Waals surface area contributed by atoms with Crippen LogP contribution in [0.4, 0.5) is 158 Å². The number of hydrogen-bond acceptors (Lipinski definition) is 0. The molecular formula is C48H7BF36. The maximum Gasteiger partial charge on any atom is 0.200 e. The first-order valence-corrected chi connectivity index (χ1v) is 20.1. The van der Waals surface area contributed by atoms with Crippen molar-refractivity contribution < 1.29 is 158 Å². The Morgan fingerprint density at radius 2 is 0.212 bits per heavy atom. The van der Waals surface area contributed by atoms with Gasteiger partial charge in [-0.25, -0.2) is 158 Å². The summed E-state index contributed by atoms with van der Waals surface area (Å²) in [7, 11) is 0. The molecule has 0 N–H and O–H groups in total. The Labute approximate surface area is 444 Å². The van der Waals surface area contributed by atoms with Crippen LogP contribution in [0.5, 0.6) is 0 Å². The molecule has 0 spiro atoms. The van der Waals surface area contributed by atoms with Gasteiger partial charge in [0.25, 0.3) is 0 Å². The first-order valence-electron chi connectivity index (χ1n) is 20.1. The molecule has 0 saturated heterocycles. The summed E-state index contributed by atoms with van der Waals surface area (Å²) in [5.41, 5.74) is -14.2. The van der Waals surface area contributed by atoms with E-state index >= 15 is 0 Å². The summed E-state index contributed by atoms with van der Waals surface area (Å²) in [5, 5.41) is 0. The molecule has 0 fully saturated rings. The van der Waals surface area contributed by atoms with Crippen molar-refractivity contribution in [1.82, 2.24) is 0 Å². The maximum atomic E-state index is 13.4. The molecule has 0 aliphatic rings. The predicted octanol–water partition coefficient (Wildman–Crippen LogP) is 17.2. The van der Waals surface area contributed by atoms with Gasteiger partial charge in [-0.3, -0.25) is 0 Å². The molecule has 8 aromatic carbocycles. The highest BCUT2D eigenvalue weighted by molar-refractivity contribution is 5.75. The van der Waals surface area contributed by atoms with Crippen LogP contribution in [-0.4, -0.2) is 8.41 Å². The molecule has 454 valence electrons. The number of rotatable bonds is 4. The Hall–Kier alpha value is -8.70. The van der Waals surface area contributed by atoms with Crippen LogP contribution in [0.25, 0.3) is 44.5 Å². The maximum absolute atomic E-state index is 13.4. The van der Waals surface area contributed by atoms with Crippen molar-refractivity contribution in [3.05, 3.63) is 234 Å². The Balaban J connectivity index is 0.000000242. The lowest BCUT2D eigenvalue weighted by molar-refractivity contribution is 0.379. The SMILES string of the molecule is B.Fc1cc(-c2c(F)c(F)c(F)c(F)c2F)c(F)c(F)c1F.Fc1cc(-c2c(F)c(F)c(F)c(F)c2F)c(F)c(F)c1F.Fc1cc(-c2c(F)c(F)c(F)c(F)c2F)c(F)c(F)c1F.Fc1cc(-c2c(F)c(F)c(F)c(F)c2F)c(F)c(F)c1F. The quantitative estimate of drug-likeness (QED) is 0.0713. The summed E-state index contributed by atoms with van der Waals surface area (Å²) in [5.74, 6) is -86.0. The van der Waals surface area contributed by atoms with Gasteiger partial charge >= 0.3 is 0 Å². The van der Waals surface area contributed by atoms with Crippen molar-refractivity contribution in [2.45, 2.75) is 0 Å². The molecule has 85 heavy (non-hydrogen) atoms. The van der Waals surface area contributed by atoms with Crippen molar-refractivity contribution >= 4 is 8.41 Å². The number of halogens is 36. The summed E-state index contributed by atoms with van der Waals surface area (Å²) >= 11 is 0. The average Bonchev–Trinajstić information content (AvgIpc) is 3.40. The van der Waals surface area contributed by atoms with Crippen LogP contribution in [0.3, 0.4) is 0 Å². The van der Waals surface area contributed by atoms with Crippen molar-refractivity contribution in [3.63, 3.8) is 0 Å². The first kappa shape index (κ1) is 68.8. The van der Waals surface area contributed by atoms with E-state index in [1.54, 1.807) is 0 Å². The molecular weight excluding hydrogens is 1270 g/mol. The van der Waals surface area contributed by atoms with Gasteiger partial charge in [-0.2, -0.15) is 0 Å². The van der Waals surface area contributed by atoms with Crippen LogP contribution in [0, 0.1) is 209 Å². The lowest BCUT2D eigenvalue weighted by Gasteiger charge is -2.10. The second-order valence-corrected chi connectivity index (χ2v) is 15.2. The highest BCUT2D eigenvalue weighted by atomic mass is 19.2. The summed E-state index contributed by atoms with van der Waals surface area (Å²) < 4.78 is 470. The Bertz CT molecular complexity index is 3410. The minimum atomic E-state index is -2.53. The molecule has 0 aliphatic heterocycles. The minimum Gasteiger partial charge on any atom is -0.204 e. The topological polar surface area (TPSA) is 0 Å². The summed E-state index contributed by atoms with van der Waals surface area (Å²) in [6, 6.07) is -0.865.